The maximum atomic E-state index is 14.8. The number of esters is 1. The number of fused-ring (bicyclic) bond motifs is 1. The number of amides is 3. The second kappa shape index (κ2) is 18.4. The van der Waals surface area contributed by atoms with E-state index in [1.165, 1.54) is 18.3 Å². The molecule has 16 nitrogen and oxygen atoms in total. The summed E-state index contributed by atoms with van der Waals surface area (Å²) < 4.78 is 34.4. The zero-order valence-electron chi connectivity index (χ0n) is 36.0. The maximum Gasteiger partial charge on any atom is 0.408 e. The number of likely N-dealkylation sites (tertiary alicyclic amines) is 1. The van der Waals surface area contributed by atoms with Crippen molar-refractivity contribution in [1.29, 1.82) is 0 Å². The molecule has 3 fully saturated rings. The number of methoxy groups -OCH3 is 2. The van der Waals surface area contributed by atoms with Gasteiger partial charge in [0.2, 0.25) is 11.8 Å². The molecule has 7 atom stereocenters. The van der Waals surface area contributed by atoms with Gasteiger partial charge < -0.3 is 49.0 Å². The van der Waals surface area contributed by atoms with E-state index in [0.717, 1.165) is 19.3 Å². The van der Waals surface area contributed by atoms with E-state index in [0.29, 0.717) is 65.2 Å². The lowest BCUT2D eigenvalue weighted by atomic mass is 9.85. The molecule has 2 aromatic heterocycles. The molecule has 2 saturated carbocycles. The Balaban J connectivity index is 1.35. The molecular weight excluding hydrogens is 796 g/mol. The fourth-order valence-corrected chi connectivity index (χ4v) is 8.45. The lowest BCUT2D eigenvalue weighted by Crippen LogP contribution is -2.59. The fourth-order valence-electron chi connectivity index (χ4n) is 8.18. The maximum absolute atomic E-state index is 14.8. The molecule has 3 aromatic rings. The molecule has 3 aliphatic rings. The topological polar surface area (TPSA) is 193 Å². The van der Waals surface area contributed by atoms with Crippen LogP contribution in [0.4, 0.5) is 10.8 Å². The number of nitrogens with one attached hydrogen (secondary N) is 3. The molecule has 6 rings (SSSR count). The van der Waals surface area contributed by atoms with E-state index in [1.807, 2.05) is 41.5 Å². The second-order valence-corrected chi connectivity index (χ2v) is 18.0. The van der Waals surface area contributed by atoms with Gasteiger partial charge in [0.1, 0.15) is 64.9 Å². The van der Waals surface area contributed by atoms with Crippen LogP contribution < -0.4 is 25.4 Å². The van der Waals surface area contributed by atoms with E-state index in [4.69, 9.17) is 44.7 Å². The first-order valence-corrected chi connectivity index (χ1v) is 21.2. The van der Waals surface area contributed by atoms with Gasteiger partial charge in [0.25, 0.3) is 6.01 Å². The van der Waals surface area contributed by atoms with Crippen molar-refractivity contribution in [2.75, 3.05) is 39.3 Å². The minimum Gasteiger partial charge on any atom is -0.490 e. The van der Waals surface area contributed by atoms with Crippen molar-refractivity contribution in [3.05, 3.63) is 29.5 Å². The number of hydrogen-bond donors (Lipinski definition) is 3. The predicted octanol–water partition coefficient (Wildman–Crippen LogP) is 6.52. The van der Waals surface area contributed by atoms with Gasteiger partial charge in [-0.25, -0.2) is 14.6 Å². The van der Waals surface area contributed by atoms with E-state index in [9.17, 15) is 19.2 Å². The third-order valence-corrected chi connectivity index (χ3v) is 11.9. The van der Waals surface area contributed by atoms with E-state index in [2.05, 4.69) is 27.9 Å². The predicted molar refractivity (Wildman–Crippen MR) is 224 cm³/mol. The van der Waals surface area contributed by atoms with Gasteiger partial charge in [-0.05, 0) is 68.9 Å². The van der Waals surface area contributed by atoms with E-state index in [-0.39, 0.29) is 42.7 Å². The first-order valence-electron chi connectivity index (χ1n) is 20.8. The minimum atomic E-state index is -1.20. The summed E-state index contributed by atoms with van der Waals surface area (Å²) in [7, 11) is 2.86. The lowest BCUT2D eigenvalue weighted by molar-refractivity contribution is -0.148. The van der Waals surface area contributed by atoms with Gasteiger partial charge in [0, 0.05) is 31.0 Å². The SMILES string of the molecule is CC[C@@H]1C[C@]1(NC(=O)[C@@H]1C[C@@H](Oc2cc(-c3coc(NC(C)C)n3)nc3c(Cl)c(OCCOC)ccc23)CN1C(=O)[C@@H](NC(=O)O[C@H]1CC[C@@H](C)C1)C(C)(C)C)C(=O)OC. The average Bonchev–Trinajstić information content (AvgIpc) is 3.52. The number of ether oxygens (including phenoxy) is 5. The van der Waals surface area contributed by atoms with Crippen molar-refractivity contribution >= 4 is 52.4 Å². The molecule has 1 saturated heterocycles. The number of anilines is 1. The molecular formula is C43H59ClN6O10. The zero-order valence-corrected chi connectivity index (χ0v) is 36.8. The minimum absolute atomic E-state index is 0.0275. The Hall–Kier alpha value is -4.83. The number of rotatable bonds is 16. The highest BCUT2D eigenvalue weighted by atomic mass is 35.5. The van der Waals surface area contributed by atoms with Crippen molar-refractivity contribution in [3.63, 3.8) is 0 Å². The molecule has 0 radical (unpaired) electrons. The molecule has 0 spiro atoms. The summed E-state index contributed by atoms with van der Waals surface area (Å²) in [4.78, 5) is 66.5. The second-order valence-electron chi connectivity index (χ2n) is 17.6. The number of alkyl carbamates (subject to hydrolysis) is 1. The number of carbonyl (C=O) groups is 4. The molecule has 1 aliphatic heterocycles. The van der Waals surface area contributed by atoms with Crippen molar-refractivity contribution in [1.82, 2.24) is 25.5 Å². The molecule has 1 aromatic carbocycles. The molecule has 3 N–H and O–H groups in total. The quantitative estimate of drug-likeness (QED) is 0.104. The van der Waals surface area contributed by atoms with Gasteiger partial charge in [-0.3, -0.25) is 9.59 Å². The summed E-state index contributed by atoms with van der Waals surface area (Å²) in [6, 6.07) is 3.43. The van der Waals surface area contributed by atoms with E-state index >= 15 is 0 Å². The number of carbonyl (C=O) groups excluding carboxylic acids is 4. The monoisotopic (exact) mass is 854 g/mol. The molecule has 17 heteroatoms. The van der Waals surface area contributed by atoms with Gasteiger partial charge in [-0.1, -0.05) is 52.6 Å². The number of halogens is 1. The fraction of sp³-hybridized carbons (Fsp3) is 0.628. The smallest absolute Gasteiger partial charge is 0.408 e. The van der Waals surface area contributed by atoms with Crippen LogP contribution in [0.2, 0.25) is 5.02 Å². The number of aromatic nitrogens is 2. The standard InChI is InChI=1S/C43H59ClN6O10/c1-10-25-20-43(25,39(53)56-9)49-37(51)31-18-27(21-50(31)38(52)36(42(5,6)7)48-41(54)60-26-12-11-24(4)17-26)59-33-19-29(30-22-58-40(47-30)45-23(2)3)46-35-28(33)13-14-32(34(35)44)57-16-15-55-8/h13-14,19,22-27,31,36H,10-12,15-18,20-21H2,1-9H3,(H,45,47)(H,48,54)(H,49,51)/t24-,25-,26+,27-,31+,36-,43-/m1/s1. The Morgan fingerprint density at radius 2 is 1.80 bits per heavy atom. The van der Waals surface area contributed by atoms with Gasteiger partial charge >= 0.3 is 12.1 Å². The summed E-state index contributed by atoms with van der Waals surface area (Å²) in [5.41, 5.74) is -0.816. The van der Waals surface area contributed by atoms with Crippen molar-refractivity contribution in [2.45, 2.75) is 123 Å². The van der Waals surface area contributed by atoms with Crippen LogP contribution in [0.15, 0.2) is 28.9 Å². The van der Waals surface area contributed by atoms with Crippen LogP contribution in [0.3, 0.4) is 0 Å². The van der Waals surface area contributed by atoms with Crippen LogP contribution in [0, 0.1) is 17.3 Å². The molecule has 60 heavy (non-hydrogen) atoms. The third kappa shape index (κ3) is 9.86. The first-order chi connectivity index (χ1) is 28.5. The van der Waals surface area contributed by atoms with Crippen LogP contribution in [-0.4, -0.2) is 109 Å². The number of oxazole rings is 1. The summed E-state index contributed by atoms with van der Waals surface area (Å²) >= 11 is 6.95. The highest BCUT2D eigenvalue weighted by Crippen LogP contribution is 2.47. The molecule has 0 unspecified atom stereocenters. The Bertz CT molecular complexity index is 2050. The van der Waals surface area contributed by atoms with Crippen molar-refractivity contribution in [2.24, 2.45) is 17.3 Å². The van der Waals surface area contributed by atoms with Gasteiger partial charge in [0.05, 0.1) is 31.5 Å². The Kier molecular flexibility index (Phi) is 13.7. The van der Waals surface area contributed by atoms with Crippen LogP contribution in [0.5, 0.6) is 11.5 Å². The van der Waals surface area contributed by atoms with Crippen molar-refractivity contribution < 1.29 is 47.3 Å². The lowest BCUT2D eigenvalue weighted by Gasteiger charge is -2.35. The number of pyridine rings is 1. The van der Waals surface area contributed by atoms with Crippen LogP contribution in [0.25, 0.3) is 22.3 Å². The van der Waals surface area contributed by atoms with Gasteiger partial charge in [0.15, 0.2) is 0 Å². The summed E-state index contributed by atoms with van der Waals surface area (Å²) in [5.74, 6) is -0.491. The van der Waals surface area contributed by atoms with Crippen LogP contribution in [0.1, 0.15) is 87.0 Å². The number of hydrogen-bond acceptors (Lipinski definition) is 13. The Morgan fingerprint density at radius 1 is 1.03 bits per heavy atom. The largest absolute Gasteiger partial charge is 0.490 e. The Morgan fingerprint density at radius 3 is 2.43 bits per heavy atom. The van der Waals surface area contributed by atoms with E-state index in [1.54, 1.807) is 25.3 Å². The molecule has 3 amide bonds. The molecule has 2 aliphatic carbocycles. The average molecular weight is 855 g/mol. The summed E-state index contributed by atoms with van der Waals surface area (Å²) in [6.45, 7) is 14.1. The van der Waals surface area contributed by atoms with Crippen LogP contribution >= 0.6 is 11.6 Å². The van der Waals surface area contributed by atoms with Gasteiger partial charge in [-0.15, -0.1) is 0 Å². The summed E-state index contributed by atoms with van der Waals surface area (Å²) in [6.07, 6.45) is 3.38. The molecule has 328 valence electrons. The number of benzene rings is 1. The van der Waals surface area contributed by atoms with Gasteiger partial charge in [-0.2, -0.15) is 4.98 Å². The highest BCUT2D eigenvalue weighted by molar-refractivity contribution is 6.36. The summed E-state index contributed by atoms with van der Waals surface area (Å²) in [5, 5.41) is 9.72. The molecule has 3 heterocycles. The Labute approximate surface area is 356 Å². The normalized spacial score (nSPS) is 24.2. The first kappa shape index (κ1) is 44.7. The third-order valence-electron chi connectivity index (χ3n) is 11.5. The zero-order chi connectivity index (χ0) is 43.5. The van der Waals surface area contributed by atoms with E-state index < -0.39 is 53.0 Å². The number of nitrogens with zero attached hydrogens (tertiary/aromatic N) is 3. The molecule has 0 bridgehead atoms. The van der Waals surface area contributed by atoms with Crippen LogP contribution in [-0.2, 0) is 28.6 Å². The van der Waals surface area contributed by atoms with Crippen molar-refractivity contribution in [3.8, 4) is 22.9 Å². The highest BCUT2D eigenvalue weighted by Gasteiger charge is 2.62.